The van der Waals surface area contributed by atoms with Crippen LogP contribution in [-0.4, -0.2) is 27.8 Å². The molecule has 0 saturated carbocycles. The number of carbonyl (C=O) groups is 1. The van der Waals surface area contributed by atoms with Crippen LogP contribution >= 0.6 is 0 Å². The summed E-state index contributed by atoms with van der Waals surface area (Å²) in [6, 6.07) is 3.27. The first kappa shape index (κ1) is 30.4. The van der Waals surface area contributed by atoms with Gasteiger partial charge in [-0.05, 0) is 31.4 Å². The predicted molar refractivity (Wildman–Crippen MR) is 143 cm³/mol. The molecular weight excluding hydrogens is 426 g/mol. The fourth-order valence-electron chi connectivity index (χ4n) is 4.65. The summed E-state index contributed by atoms with van der Waals surface area (Å²) < 4.78 is 0. The Morgan fingerprint density at radius 3 is 1.59 bits per heavy atom. The minimum absolute atomic E-state index is 0.0684. The van der Waals surface area contributed by atoms with E-state index in [1.165, 1.54) is 83.1 Å². The quantitative estimate of drug-likeness (QED) is 0.134. The van der Waals surface area contributed by atoms with Crippen LogP contribution in [-0.2, 0) is 0 Å². The zero-order valence-corrected chi connectivity index (χ0v) is 22.1. The van der Waals surface area contributed by atoms with Crippen molar-refractivity contribution in [2.75, 3.05) is 11.9 Å². The van der Waals surface area contributed by atoms with Crippen molar-refractivity contribution >= 4 is 11.7 Å². The first-order valence-electron chi connectivity index (χ1n) is 14.0. The number of rotatable bonds is 21. The number of carboxylic acids is 1. The molecule has 0 aliphatic heterocycles. The third-order valence-electron chi connectivity index (χ3n) is 6.80. The maximum absolute atomic E-state index is 11.7. The molecule has 0 amide bonds. The van der Waals surface area contributed by atoms with Crippen LogP contribution in [0.2, 0.25) is 0 Å². The van der Waals surface area contributed by atoms with E-state index < -0.39 is 18.2 Å². The van der Waals surface area contributed by atoms with Gasteiger partial charge in [-0.3, -0.25) is 0 Å². The number of unbranched alkanes of at least 4 members (excludes halogenated alkanes) is 13. The van der Waals surface area contributed by atoms with Gasteiger partial charge in [-0.2, -0.15) is 0 Å². The summed E-state index contributed by atoms with van der Waals surface area (Å²) >= 11 is 0. The number of aliphatic hydroxyl groups is 2. The second kappa shape index (κ2) is 18.7. The lowest BCUT2D eigenvalue weighted by atomic mass is 9.89. The maximum Gasteiger partial charge on any atom is 0.336 e. The first-order valence-corrected chi connectivity index (χ1v) is 14.0. The molecular formula is C29H51NO4. The van der Waals surface area contributed by atoms with Gasteiger partial charge in [0.25, 0.3) is 0 Å². The van der Waals surface area contributed by atoms with E-state index in [9.17, 15) is 20.1 Å². The van der Waals surface area contributed by atoms with Crippen molar-refractivity contribution in [1.82, 2.24) is 0 Å². The average Bonchev–Trinajstić information content (AvgIpc) is 2.84. The highest BCUT2D eigenvalue weighted by Crippen LogP contribution is 2.36. The Morgan fingerprint density at radius 1 is 0.706 bits per heavy atom. The average molecular weight is 478 g/mol. The van der Waals surface area contributed by atoms with E-state index >= 15 is 0 Å². The Morgan fingerprint density at radius 2 is 1.15 bits per heavy atom. The number of hydrogen-bond donors (Lipinski definition) is 4. The van der Waals surface area contributed by atoms with Crippen molar-refractivity contribution in [2.24, 2.45) is 0 Å². The Labute approximate surface area is 208 Å². The molecule has 0 heterocycles. The molecule has 2 atom stereocenters. The standard InChI is InChI=1S/C29H51NO4/c1-4-7-8-9-10-11-12-13-14-15-16-17-18-19-22-30-24-21-20-23(29(33)34)27(25(31)5-2)28(24)26(32)6-3/h20-21,25-26,30-32H,4-19,22H2,1-3H3,(H,33,34). The van der Waals surface area contributed by atoms with Gasteiger partial charge in [-0.25, -0.2) is 4.79 Å². The van der Waals surface area contributed by atoms with Gasteiger partial charge in [0.15, 0.2) is 0 Å². The number of nitrogens with one attached hydrogen (secondary N) is 1. The molecule has 0 saturated heterocycles. The van der Waals surface area contributed by atoms with Gasteiger partial charge in [-0.1, -0.05) is 104 Å². The second-order valence-electron chi connectivity index (χ2n) is 9.66. The number of hydrogen-bond acceptors (Lipinski definition) is 4. The molecule has 0 fully saturated rings. The lowest BCUT2D eigenvalue weighted by Gasteiger charge is -2.24. The molecule has 0 aliphatic carbocycles. The van der Waals surface area contributed by atoms with Gasteiger partial charge in [0.1, 0.15) is 0 Å². The van der Waals surface area contributed by atoms with Gasteiger partial charge in [0.05, 0.1) is 17.8 Å². The first-order chi connectivity index (χ1) is 16.5. The molecule has 0 spiro atoms. The monoisotopic (exact) mass is 477 g/mol. The van der Waals surface area contributed by atoms with Gasteiger partial charge in [0.2, 0.25) is 0 Å². The van der Waals surface area contributed by atoms with E-state index in [1.54, 1.807) is 6.07 Å². The predicted octanol–water partition coefficient (Wildman–Crippen LogP) is 8.16. The molecule has 196 valence electrons. The fraction of sp³-hybridized carbons (Fsp3) is 0.759. The van der Waals surface area contributed by atoms with Crippen LogP contribution in [0.15, 0.2) is 12.1 Å². The topological polar surface area (TPSA) is 89.8 Å². The van der Waals surface area contributed by atoms with Crippen molar-refractivity contribution in [1.29, 1.82) is 0 Å². The van der Waals surface area contributed by atoms with Crippen LogP contribution in [0, 0.1) is 0 Å². The van der Waals surface area contributed by atoms with E-state index in [1.807, 2.05) is 13.8 Å². The molecule has 0 aliphatic rings. The molecule has 4 N–H and O–H groups in total. The maximum atomic E-state index is 11.7. The van der Waals surface area contributed by atoms with E-state index in [4.69, 9.17) is 0 Å². The van der Waals surface area contributed by atoms with Crippen LogP contribution in [0.4, 0.5) is 5.69 Å². The lowest BCUT2D eigenvalue weighted by Crippen LogP contribution is -2.16. The fourth-order valence-corrected chi connectivity index (χ4v) is 4.65. The van der Waals surface area contributed by atoms with Crippen LogP contribution in [0.5, 0.6) is 0 Å². The summed E-state index contributed by atoms with van der Waals surface area (Å²) in [5.41, 5.74) is 1.67. The Bertz CT molecular complexity index is 676. The number of aliphatic hydroxyl groups excluding tert-OH is 2. The highest BCUT2D eigenvalue weighted by molar-refractivity contribution is 5.91. The van der Waals surface area contributed by atoms with E-state index in [0.717, 1.165) is 25.1 Å². The van der Waals surface area contributed by atoms with Crippen LogP contribution in [0.25, 0.3) is 0 Å². The van der Waals surface area contributed by atoms with Gasteiger partial charge >= 0.3 is 5.97 Å². The van der Waals surface area contributed by atoms with Gasteiger partial charge < -0.3 is 20.6 Å². The smallest absolute Gasteiger partial charge is 0.336 e. The largest absolute Gasteiger partial charge is 0.478 e. The molecule has 1 aromatic carbocycles. The van der Waals surface area contributed by atoms with Crippen LogP contribution in [0.3, 0.4) is 0 Å². The summed E-state index contributed by atoms with van der Waals surface area (Å²) in [7, 11) is 0. The summed E-state index contributed by atoms with van der Waals surface area (Å²) in [5.74, 6) is -1.08. The molecule has 0 aromatic heterocycles. The Balaban J connectivity index is 2.37. The van der Waals surface area contributed by atoms with E-state index in [-0.39, 0.29) is 5.56 Å². The molecule has 2 unspecified atom stereocenters. The SMILES string of the molecule is CCCCCCCCCCCCCCCCNc1ccc(C(=O)O)c(C(O)CC)c1C(O)CC. The number of benzene rings is 1. The van der Waals surface area contributed by atoms with Gasteiger partial charge in [-0.15, -0.1) is 0 Å². The number of aromatic carboxylic acids is 1. The highest BCUT2D eigenvalue weighted by atomic mass is 16.4. The zero-order chi connectivity index (χ0) is 25.2. The van der Waals surface area contributed by atoms with Crippen molar-refractivity contribution < 1.29 is 20.1 Å². The third-order valence-corrected chi connectivity index (χ3v) is 6.80. The lowest BCUT2D eigenvalue weighted by molar-refractivity contribution is 0.0687. The Kier molecular flexibility index (Phi) is 16.7. The van der Waals surface area contributed by atoms with E-state index in [0.29, 0.717) is 24.0 Å². The molecule has 0 radical (unpaired) electrons. The summed E-state index contributed by atoms with van der Waals surface area (Å²) in [6.07, 6.45) is 17.6. The van der Waals surface area contributed by atoms with Crippen molar-refractivity contribution in [3.63, 3.8) is 0 Å². The van der Waals surface area contributed by atoms with Crippen molar-refractivity contribution in [3.8, 4) is 0 Å². The summed E-state index contributed by atoms with van der Waals surface area (Å²) in [5, 5.41) is 34.1. The normalized spacial score (nSPS) is 13.1. The van der Waals surface area contributed by atoms with E-state index in [2.05, 4.69) is 12.2 Å². The van der Waals surface area contributed by atoms with Crippen molar-refractivity contribution in [2.45, 2.75) is 136 Å². The molecule has 5 heteroatoms. The highest BCUT2D eigenvalue weighted by Gasteiger charge is 2.25. The summed E-state index contributed by atoms with van der Waals surface area (Å²) in [6.45, 7) is 6.71. The molecule has 0 bridgehead atoms. The summed E-state index contributed by atoms with van der Waals surface area (Å²) in [4.78, 5) is 11.7. The van der Waals surface area contributed by atoms with Gasteiger partial charge in [0, 0.05) is 23.4 Å². The molecule has 34 heavy (non-hydrogen) atoms. The van der Waals surface area contributed by atoms with Crippen LogP contribution in [0.1, 0.15) is 157 Å². The molecule has 5 nitrogen and oxygen atoms in total. The number of carboxylic acid groups (broad SMARTS) is 1. The van der Waals surface area contributed by atoms with Crippen LogP contribution < -0.4 is 5.32 Å². The Hall–Kier alpha value is -1.59. The number of anilines is 1. The third kappa shape index (κ3) is 11.2. The second-order valence-corrected chi connectivity index (χ2v) is 9.66. The molecule has 1 rings (SSSR count). The molecule has 1 aromatic rings. The van der Waals surface area contributed by atoms with Crippen molar-refractivity contribution in [3.05, 3.63) is 28.8 Å². The minimum atomic E-state index is -1.08. The minimum Gasteiger partial charge on any atom is -0.478 e. The zero-order valence-electron chi connectivity index (χ0n) is 22.1.